The molecule has 1 heterocycles. The summed E-state index contributed by atoms with van der Waals surface area (Å²) in [6.45, 7) is 4.80. The molecule has 0 unspecified atom stereocenters. The Kier molecular flexibility index (Phi) is 5.51. The molecule has 0 aliphatic rings. The third kappa shape index (κ3) is 3.91. The maximum Gasteiger partial charge on any atom is 0.303 e. The topological polar surface area (TPSA) is 88.3 Å². The first kappa shape index (κ1) is 15.4. The predicted molar refractivity (Wildman–Crippen MR) is 75.1 cm³/mol. The number of hydrogen-bond acceptors (Lipinski definition) is 5. The minimum Gasteiger partial charge on any atom is -0.330 e. The molecule has 104 valence electrons. The maximum atomic E-state index is 12.0. The van der Waals surface area contributed by atoms with Gasteiger partial charge in [-0.25, -0.2) is 9.71 Å². The van der Waals surface area contributed by atoms with E-state index in [0.717, 1.165) is 17.0 Å². The van der Waals surface area contributed by atoms with E-state index in [9.17, 15) is 8.42 Å². The van der Waals surface area contributed by atoms with Crippen molar-refractivity contribution in [2.45, 2.75) is 26.7 Å². The minimum atomic E-state index is -3.52. The highest BCUT2D eigenvalue weighted by Gasteiger charge is 2.19. The first-order valence-corrected chi connectivity index (χ1v) is 8.06. The van der Waals surface area contributed by atoms with E-state index in [-0.39, 0.29) is 0 Å². The lowest BCUT2D eigenvalue weighted by molar-refractivity contribution is 0.468. The third-order valence-corrected chi connectivity index (χ3v) is 5.04. The molecule has 0 radical (unpaired) electrons. The van der Waals surface area contributed by atoms with Crippen molar-refractivity contribution in [2.24, 2.45) is 5.73 Å². The molecular weight excluding hydrogens is 272 g/mol. The van der Waals surface area contributed by atoms with Gasteiger partial charge in [0.25, 0.3) is 0 Å². The molecule has 0 spiro atoms. The van der Waals surface area contributed by atoms with Crippen LogP contribution in [0.25, 0.3) is 0 Å². The van der Waals surface area contributed by atoms with Crippen LogP contribution in [0.1, 0.15) is 23.9 Å². The Morgan fingerprint density at radius 1 is 1.50 bits per heavy atom. The Hall–Kier alpha value is -0.700. The number of nitrogens with one attached hydrogen (secondary N) is 1. The first-order chi connectivity index (χ1) is 8.40. The van der Waals surface area contributed by atoms with Gasteiger partial charge < -0.3 is 5.73 Å². The van der Waals surface area contributed by atoms with Crippen LogP contribution < -0.4 is 10.5 Å². The van der Waals surface area contributed by atoms with Crippen LogP contribution in [0.5, 0.6) is 0 Å². The number of nitrogens with two attached hydrogens (primary N) is 1. The first-order valence-electron chi connectivity index (χ1n) is 5.81. The van der Waals surface area contributed by atoms with E-state index >= 15 is 0 Å². The summed E-state index contributed by atoms with van der Waals surface area (Å²) in [5, 5.41) is 0.420. The molecule has 3 N–H and O–H groups in total. The van der Waals surface area contributed by atoms with E-state index in [1.165, 1.54) is 22.7 Å². The van der Waals surface area contributed by atoms with Gasteiger partial charge in [-0.2, -0.15) is 12.7 Å². The largest absolute Gasteiger partial charge is 0.330 e. The Morgan fingerprint density at radius 2 is 2.17 bits per heavy atom. The van der Waals surface area contributed by atoms with Gasteiger partial charge in [-0.05, 0) is 26.3 Å². The van der Waals surface area contributed by atoms with Gasteiger partial charge in [0, 0.05) is 18.5 Å². The van der Waals surface area contributed by atoms with Crippen molar-refractivity contribution in [3.8, 4) is 0 Å². The fraction of sp³-hybridized carbons (Fsp3) is 0.700. The quantitative estimate of drug-likeness (QED) is 0.783. The lowest BCUT2D eigenvalue weighted by Crippen LogP contribution is -2.34. The fourth-order valence-corrected chi connectivity index (χ4v) is 3.45. The van der Waals surface area contributed by atoms with Crippen LogP contribution in [0.15, 0.2) is 0 Å². The molecule has 0 saturated heterocycles. The summed E-state index contributed by atoms with van der Waals surface area (Å²) >= 11 is 1.35. The van der Waals surface area contributed by atoms with E-state index in [0.29, 0.717) is 24.6 Å². The molecule has 1 aromatic heterocycles. The molecule has 0 aliphatic carbocycles. The summed E-state index contributed by atoms with van der Waals surface area (Å²) in [5.41, 5.74) is 6.29. The Balaban J connectivity index is 2.75. The SMILES string of the molecule is CCc1nc(NS(=O)(=O)N(C)CCCN)sc1C. The van der Waals surface area contributed by atoms with Gasteiger partial charge in [-0.15, -0.1) is 11.3 Å². The van der Waals surface area contributed by atoms with Gasteiger partial charge in [0.05, 0.1) is 5.69 Å². The van der Waals surface area contributed by atoms with Crippen molar-refractivity contribution in [3.63, 3.8) is 0 Å². The number of hydrogen-bond donors (Lipinski definition) is 2. The average molecular weight is 292 g/mol. The molecular formula is C10H20N4O2S2. The summed E-state index contributed by atoms with van der Waals surface area (Å²) in [5.74, 6) is 0. The zero-order valence-corrected chi connectivity index (χ0v) is 12.6. The molecule has 0 atom stereocenters. The second-order valence-electron chi connectivity index (χ2n) is 3.95. The number of thiazole rings is 1. The molecule has 8 heteroatoms. The van der Waals surface area contributed by atoms with E-state index in [1.54, 1.807) is 0 Å². The maximum absolute atomic E-state index is 12.0. The van der Waals surface area contributed by atoms with Crippen molar-refractivity contribution in [3.05, 3.63) is 10.6 Å². The molecule has 0 aromatic carbocycles. The summed E-state index contributed by atoms with van der Waals surface area (Å²) in [4.78, 5) is 5.29. The fourth-order valence-electron chi connectivity index (χ4n) is 1.42. The molecule has 0 aliphatic heterocycles. The average Bonchev–Trinajstić information content (AvgIpc) is 2.65. The number of aryl methyl sites for hydroxylation is 2. The Bertz CT molecular complexity index is 484. The molecule has 6 nitrogen and oxygen atoms in total. The molecule has 1 rings (SSSR count). The van der Waals surface area contributed by atoms with Crippen molar-refractivity contribution in [1.82, 2.24) is 9.29 Å². The summed E-state index contributed by atoms with van der Waals surface area (Å²) in [7, 11) is -1.99. The molecule has 0 bridgehead atoms. The number of anilines is 1. The monoisotopic (exact) mass is 292 g/mol. The molecule has 0 amide bonds. The van der Waals surface area contributed by atoms with Crippen LogP contribution in [-0.4, -0.2) is 37.8 Å². The van der Waals surface area contributed by atoms with Crippen LogP contribution in [0.4, 0.5) is 5.13 Å². The van der Waals surface area contributed by atoms with Crippen LogP contribution in [0.2, 0.25) is 0 Å². The van der Waals surface area contributed by atoms with Gasteiger partial charge in [-0.3, -0.25) is 0 Å². The number of rotatable bonds is 7. The molecule has 18 heavy (non-hydrogen) atoms. The van der Waals surface area contributed by atoms with E-state index in [4.69, 9.17) is 5.73 Å². The lowest BCUT2D eigenvalue weighted by Gasteiger charge is -2.16. The van der Waals surface area contributed by atoms with E-state index in [1.807, 2.05) is 13.8 Å². The van der Waals surface area contributed by atoms with Gasteiger partial charge >= 0.3 is 10.2 Å². The zero-order valence-electron chi connectivity index (χ0n) is 10.9. The highest BCUT2D eigenvalue weighted by molar-refractivity contribution is 7.90. The van der Waals surface area contributed by atoms with Crippen molar-refractivity contribution >= 4 is 26.7 Å². The van der Waals surface area contributed by atoms with Crippen LogP contribution >= 0.6 is 11.3 Å². The van der Waals surface area contributed by atoms with Crippen molar-refractivity contribution in [2.75, 3.05) is 24.9 Å². The standard InChI is InChI=1S/C10H20N4O2S2/c1-4-9-8(2)17-10(12-9)13-18(15,16)14(3)7-5-6-11/h4-7,11H2,1-3H3,(H,12,13). The van der Waals surface area contributed by atoms with E-state index in [2.05, 4.69) is 9.71 Å². The minimum absolute atomic E-state index is 0.400. The van der Waals surface area contributed by atoms with Crippen LogP contribution in [-0.2, 0) is 16.6 Å². The number of nitrogens with zero attached hydrogens (tertiary/aromatic N) is 2. The highest BCUT2D eigenvalue weighted by Crippen LogP contribution is 2.23. The Morgan fingerprint density at radius 3 is 2.67 bits per heavy atom. The molecule has 1 aromatic rings. The zero-order chi connectivity index (χ0) is 13.8. The van der Waals surface area contributed by atoms with Gasteiger partial charge in [0.2, 0.25) is 0 Å². The molecule has 0 saturated carbocycles. The summed E-state index contributed by atoms with van der Waals surface area (Å²) in [6, 6.07) is 0. The van der Waals surface area contributed by atoms with Crippen molar-refractivity contribution in [1.29, 1.82) is 0 Å². The highest BCUT2D eigenvalue weighted by atomic mass is 32.2. The lowest BCUT2D eigenvalue weighted by atomic mass is 10.3. The normalized spacial score (nSPS) is 12.1. The number of aromatic nitrogens is 1. The van der Waals surface area contributed by atoms with Gasteiger partial charge in [-0.1, -0.05) is 6.92 Å². The Labute approximate surface area is 112 Å². The summed E-state index contributed by atoms with van der Waals surface area (Å²) < 4.78 is 27.7. The van der Waals surface area contributed by atoms with Gasteiger partial charge in [0.1, 0.15) is 0 Å². The third-order valence-electron chi connectivity index (χ3n) is 2.53. The van der Waals surface area contributed by atoms with E-state index < -0.39 is 10.2 Å². The van der Waals surface area contributed by atoms with Gasteiger partial charge in [0.15, 0.2) is 5.13 Å². The van der Waals surface area contributed by atoms with Crippen LogP contribution in [0.3, 0.4) is 0 Å². The smallest absolute Gasteiger partial charge is 0.303 e. The van der Waals surface area contributed by atoms with Crippen molar-refractivity contribution < 1.29 is 8.42 Å². The second-order valence-corrected chi connectivity index (χ2v) is 6.93. The summed E-state index contributed by atoms with van der Waals surface area (Å²) in [6.07, 6.45) is 1.43. The predicted octanol–water partition coefficient (Wildman–Crippen LogP) is 0.951. The van der Waals surface area contributed by atoms with Crippen LogP contribution in [0, 0.1) is 6.92 Å². The molecule has 0 fully saturated rings. The second kappa shape index (κ2) is 6.46.